The van der Waals surface area contributed by atoms with Crippen LogP contribution < -0.4 is 5.73 Å². The summed E-state index contributed by atoms with van der Waals surface area (Å²) in [5, 5.41) is 7.74. The van der Waals surface area contributed by atoms with E-state index >= 15 is 0 Å². The largest absolute Gasteiger partial charge is 0.372 e. The lowest BCUT2D eigenvalue weighted by Gasteiger charge is -2.28. The van der Waals surface area contributed by atoms with Crippen LogP contribution in [0.3, 0.4) is 0 Å². The van der Waals surface area contributed by atoms with Crippen LogP contribution in [0, 0.1) is 0 Å². The first kappa shape index (κ1) is 14.4. The van der Waals surface area contributed by atoms with Gasteiger partial charge in [0.2, 0.25) is 5.34 Å². The van der Waals surface area contributed by atoms with Crippen molar-refractivity contribution in [2.45, 2.75) is 25.1 Å². The first-order chi connectivity index (χ1) is 7.72. The van der Waals surface area contributed by atoms with Crippen molar-refractivity contribution in [2.75, 3.05) is 6.54 Å². The van der Waals surface area contributed by atoms with Gasteiger partial charge < -0.3 is 20.6 Å². The molecule has 0 aliphatic carbocycles. The summed E-state index contributed by atoms with van der Waals surface area (Å²) in [4.78, 5) is 18.4. The molecule has 0 aromatic heterocycles. The Balaban J connectivity index is 3.31. The van der Waals surface area contributed by atoms with Crippen molar-refractivity contribution in [1.82, 2.24) is 0 Å². The molecule has 1 atom stereocenters. The van der Waals surface area contributed by atoms with Crippen molar-refractivity contribution in [3.63, 3.8) is 0 Å². The van der Waals surface area contributed by atoms with Gasteiger partial charge in [-0.05, 0) is 17.0 Å². The van der Waals surface area contributed by atoms with E-state index < -0.39 is 19.5 Å². The van der Waals surface area contributed by atoms with E-state index in [1.807, 2.05) is 19.9 Å². The summed E-state index contributed by atoms with van der Waals surface area (Å²) in [6, 6.07) is 6.54. The molecule has 17 heavy (non-hydrogen) atoms. The number of hydrogen-bond donors (Lipinski definition) is 4. The first-order valence-electron chi connectivity index (χ1n) is 5.31. The molecular weight excluding hydrogens is 241 g/mol. The van der Waals surface area contributed by atoms with Gasteiger partial charge in [-0.25, -0.2) is 0 Å². The molecule has 5 N–H and O–H groups in total. The summed E-state index contributed by atoms with van der Waals surface area (Å²) in [5.74, 6) is 0.203. The Bertz CT molecular complexity index is 443. The highest BCUT2D eigenvalue weighted by Crippen LogP contribution is 2.54. The fourth-order valence-corrected chi connectivity index (χ4v) is 2.27. The predicted octanol–water partition coefficient (Wildman–Crippen LogP) is 1.09. The van der Waals surface area contributed by atoms with E-state index in [2.05, 4.69) is 0 Å². The van der Waals surface area contributed by atoms with Crippen LogP contribution >= 0.6 is 7.60 Å². The first-order valence-corrected chi connectivity index (χ1v) is 6.92. The van der Waals surface area contributed by atoms with Gasteiger partial charge in [0, 0.05) is 6.54 Å². The number of benzene rings is 1. The Labute approximate surface area is 100 Å². The maximum Gasteiger partial charge on any atom is 0.362 e. The Kier molecular flexibility index (Phi) is 4.12. The van der Waals surface area contributed by atoms with Gasteiger partial charge in [-0.1, -0.05) is 38.1 Å². The number of aliphatic hydroxyl groups is 1. The zero-order valence-corrected chi connectivity index (χ0v) is 10.8. The normalized spacial score (nSPS) is 15.9. The second-order valence-electron chi connectivity index (χ2n) is 4.34. The summed E-state index contributed by atoms with van der Waals surface area (Å²) >= 11 is 0. The average molecular weight is 259 g/mol. The van der Waals surface area contributed by atoms with Crippen LogP contribution in [0.15, 0.2) is 24.3 Å². The molecule has 5 nitrogen and oxygen atoms in total. The van der Waals surface area contributed by atoms with E-state index in [9.17, 15) is 19.5 Å². The van der Waals surface area contributed by atoms with Crippen LogP contribution in [0.5, 0.6) is 0 Å². The van der Waals surface area contributed by atoms with Crippen LogP contribution in [0.1, 0.15) is 30.9 Å². The Morgan fingerprint density at radius 1 is 1.41 bits per heavy atom. The van der Waals surface area contributed by atoms with Gasteiger partial charge in [-0.2, -0.15) is 0 Å². The molecule has 96 valence electrons. The highest BCUT2D eigenvalue weighted by atomic mass is 31.2. The highest BCUT2D eigenvalue weighted by Gasteiger charge is 2.45. The molecule has 1 unspecified atom stereocenters. The van der Waals surface area contributed by atoms with Crippen LogP contribution in [0.4, 0.5) is 0 Å². The molecule has 0 aliphatic heterocycles. The Hall–Kier alpha value is -0.710. The average Bonchev–Trinajstić information content (AvgIpc) is 2.26. The molecular formula is C11H18NO4P. The fraction of sp³-hybridized carbons (Fsp3) is 0.455. The van der Waals surface area contributed by atoms with Crippen molar-refractivity contribution in [2.24, 2.45) is 5.73 Å². The van der Waals surface area contributed by atoms with E-state index in [0.717, 1.165) is 5.56 Å². The molecule has 0 fully saturated rings. The van der Waals surface area contributed by atoms with Gasteiger partial charge in [0.15, 0.2) is 0 Å². The zero-order valence-electron chi connectivity index (χ0n) is 9.87. The molecule has 0 aliphatic rings. The summed E-state index contributed by atoms with van der Waals surface area (Å²) in [7, 11) is -4.73. The van der Waals surface area contributed by atoms with E-state index in [0.29, 0.717) is 0 Å². The minimum Gasteiger partial charge on any atom is -0.372 e. The van der Waals surface area contributed by atoms with E-state index in [-0.39, 0.29) is 11.5 Å². The molecule has 0 amide bonds. The van der Waals surface area contributed by atoms with Gasteiger partial charge in [0.05, 0.1) is 0 Å². The monoisotopic (exact) mass is 259 g/mol. The van der Waals surface area contributed by atoms with E-state index in [1.54, 1.807) is 12.1 Å². The maximum atomic E-state index is 11.3. The highest BCUT2D eigenvalue weighted by molar-refractivity contribution is 7.52. The van der Waals surface area contributed by atoms with Crippen molar-refractivity contribution in [1.29, 1.82) is 0 Å². The lowest BCUT2D eigenvalue weighted by atomic mass is 9.98. The number of nitrogens with two attached hydrogens (primary N) is 1. The van der Waals surface area contributed by atoms with Gasteiger partial charge in [0.1, 0.15) is 0 Å². The minimum atomic E-state index is -4.73. The van der Waals surface area contributed by atoms with Crippen LogP contribution in [0.2, 0.25) is 0 Å². The summed E-state index contributed by atoms with van der Waals surface area (Å²) in [5.41, 5.74) is 6.35. The molecule has 0 saturated heterocycles. The summed E-state index contributed by atoms with van der Waals surface area (Å²) in [6.07, 6.45) is 0. The SMILES string of the molecule is CC(C)c1cccc(C(O)(CN)P(=O)(O)O)c1. The molecule has 0 radical (unpaired) electrons. The van der Waals surface area contributed by atoms with Gasteiger partial charge in [0.25, 0.3) is 0 Å². The molecule has 0 bridgehead atoms. The molecule has 6 heteroatoms. The van der Waals surface area contributed by atoms with Crippen molar-refractivity contribution >= 4 is 7.60 Å². The minimum absolute atomic E-state index is 0.152. The van der Waals surface area contributed by atoms with Gasteiger partial charge >= 0.3 is 7.60 Å². The third-order valence-corrected chi connectivity index (χ3v) is 4.19. The molecule has 0 spiro atoms. The fourth-order valence-electron chi connectivity index (χ4n) is 1.55. The lowest BCUT2D eigenvalue weighted by Crippen LogP contribution is -2.34. The summed E-state index contributed by atoms with van der Waals surface area (Å²) in [6.45, 7) is 3.38. The van der Waals surface area contributed by atoms with Crippen LogP contribution in [0.25, 0.3) is 0 Å². The standard InChI is InChI=1S/C11H18NO4P/c1-8(2)9-4-3-5-10(6-9)11(13,7-12)17(14,15)16/h3-6,8,13H,7,12H2,1-2H3,(H2,14,15,16). The molecule has 1 rings (SSSR count). The molecule has 1 aromatic rings. The Morgan fingerprint density at radius 3 is 2.41 bits per heavy atom. The van der Waals surface area contributed by atoms with Gasteiger partial charge in [-0.15, -0.1) is 0 Å². The number of hydrogen-bond acceptors (Lipinski definition) is 3. The molecule has 1 aromatic carbocycles. The Morgan fingerprint density at radius 2 is 2.00 bits per heavy atom. The quantitative estimate of drug-likeness (QED) is 0.606. The predicted molar refractivity (Wildman–Crippen MR) is 65.5 cm³/mol. The zero-order chi connectivity index (χ0) is 13.3. The number of rotatable bonds is 4. The second-order valence-corrected chi connectivity index (χ2v) is 6.17. The topological polar surface area (TPSA) is 104 Å². The van der Waals surface area contributed by atoms with Crippen molar-refractivity contribution in [3.8, 4) is 0 Å². The third-order valence-electron chi connectivity index (χ3n) is 2.78. The van der Waals surface area contributed by atoms with Gasteiger partial charge in [-0.3, -0.25) is 4.57 Å². The third kappa shape index (κ3) is 2.76. The van der Waals surface area contributed by atoms with Crippen molar-refractivity contribution in [3.05, 3.63) is 35.4 Å². The van der Waals surface area contributed by atoms with E-state index in [1.165, 1.54) is 6.07 Å². The maximum absolute atomic E-state index is 11.3. The van der Waals surface area contributed by atoms with Crippen LogP contribution in [-0.2, 0) is 9.91 Å². The van der Waals surface area contributed by atoms with E-state index in [4.69, 9.17) is 5.73 Å². The lowest BCUT2D eigenvalue weighted by molar-refractivity contribution is 0.0976. The molecule has 0 heterocycles. The molecule has 0 saturated carbocycles. The summed E-state index contributed by atoms with van der Waals surface area (Å²) < 4.78 is 11.3. The second kappa shape index (κ2) is 4.88. The smallest absolute Gasteiger partial charge is 0.362 e. The van der Waals surface area contributed by atoms with Crippen molar-refractivity contribution < 1.29 is 19.5 Å². The van der Waals surface area contributed by atoms with Crippen LogP contribution in [-0.4, -0.2) is 21.4 Å².